The van der Waals surface area contributed by atoms with Crippen LogP contribution >= 0.6 is 11.3 Å². The number of aliphatic hydroxyl groups is 1. The Bertz CT molecular complexity index is 425. The minimum absolute atomic E-state index is 0.651. The van der Waals surface area contributed by atoms with Gasteiger partial charge in [0.15, 0.2) is 0 Å². The minimum atomic E-state index is -1.03. The number of benzene rings is 1. The van der Waals surface area contributed by atoms with Gasteiger partial charge in [-0.2, -0.15) is 11.3 Å². The van der Waals surface area contributed by atoms with E-state index in [0.717, 1.165) is 11.1 Å². The van der Waals surface area contributed by atoms with Gasteiger partial charge in [-0.15, -0.1) is 0 Å². The van der Waals surface area contributed by atoms with E-state index in [0.29, 0.717) is 5.56 Å². The third kappa shape index (κ3) is 2.08. The van der Waals surface area contributed by atoms with Crippen LogP contribution in [0.3, 0.4) is 0 Å². The Balaban J connectivity index is 2.47. The van der Waals surface area contributed by atoms with Crippen LogP contribution in [0.25, 0.3) is 11.1 Å². The summed E-state index contributed by atoms with van der Waals surface area (Å²) in [6.07, 6.45) is -1.03. The molecule has 1 N–H and O–H groups in total. The molecule has 0 aliphatic heterocycles. The van der Waals surface area contributed by atoms with Crippen molar-refractivity contribution in [3.63, 3.8) is 0 Å². The topological polar surface area (TPSA) is 20.2 Å². The fourth-order valence-corrected chi connectivity index (χ4v) is 2.21. The van der Waals surface area contributed by atoms with Crippen molar-refractivity contribution in [1.82, 2.24) is 0 Å². The molecule has 3 heteroatoms. The van der Waals surface area contributed by atoms with Crippen LogP contribution in [0.1, 0.15) is 11.7 Å². The second-order valence-electron chi connectivity index (χ2n) is 3.27. The van der Waals surface area contributed by atoms with Crippen LogP contribution in [0.15, 0.2) is 41.1 Å². The van der Waals surface area contributed by atoms with E-state index in [1.807, 2.05) is 35.0 Å². The summed E-state index contributed by atoms with van der Waals surface area (Å²) in [5.74, 6) is 0. The number of thiophene rings is 1. The highest BCUT2D eigenvalue weighted by atomic mass is 32.1. The van der Waals surface area contributed by atoms with Crippen molar-refractivity contribution in [2.45, 2.75) is 6.10 Å². The molecule has 1 atom stereocenters. The molecule has 1 aromatic heterocycles. The van der Waals surface area contributed by atoms with Gasteiger partial charge < -0.3 is 5.11 Å². The predicted octanol–water partition coefficient (Wildman–Crippen LogP) is 3.42. The summed E-state index contributed by atoms with van der Waals surface area (Å²) in [5, 5.41) is 13.5. The molecule has 1 aromatic carbocycles. The zero-order valence-electron chi connectivity index (χ0n) is 8.06. The maximum atomic E-state index is 12.4. The Kier molecular flexibility index (Phi) is 3.14. The second kappa shape index (κ2) is 4.55. The van der Waals surface area contributed by atoms with E-state index in [4.69, 9.17) is 0 Å². The van der Waals surface area contributed by atoms with Crippen molar-refractivity contribution < 1.29 is 9.50 Å². The lowest BCUT2D eigenvalue weighted by Crippen LogP contribution is -2.01. The average molecular weight is 222 g/mol. The summed E-state index contributed by atoms with van der Waals surface area (Å²) < 4.78 is 12.4. The van der Waals surface area contributed by atoms with Gasteiger partial charge >= 0.3 is 0 Å². The normalized spacial score (nSPS) is 12.7. The summed E-state index contributed by atoms with van der Waals surface area (Å²) in [5.41, 5.74) is 2.59. The molecule has 2 aromatic rings. The Hall–Kier alpha value is -1.19. The third-order valence-electron chi connectivity index (χ3n) is 2.30. The summed E-state index contributed by atoms with van der Waals surface area (Å²) in [4.78, 5) is 0. The molecular weight excluding hydrogens is 211 g/mol. The van der Waals surface area contributed by atoms with E-state index in [1.165, 1.54) is 0 Å². The molecule has 1 unspecified atom stereocenters. The molecule has 0 radical (unpaired) electrons. The van der Waals surface area contributed by atoms with E-state index in [1.54, 1.807) is 17.4 Å². The molecule has 0 saturated carbocycles. The zero-order valence-corrected chi connectivity index (χ0v) is 8.88. The van der Waals surface area contributed by atoms with Gasteiger partial charge in [-0.05, 0) is 33.5 Å². The van der Waals surface area contributed by atoms with Gasteiger partial charge in [-0.25, -0.2) is 4.39 Å². The van der Waals surface area contributed by atoms with Crippen LogP contribution in [0.4, 0.5) is 4.39 Å². The first-order chi connectivity index (χ1) is 7.33. The zero-order chi connectivity index (χ0) is 10.7. The number of hydrogen-bond donors (Lipinski definition) is 1. The van der Waals surface area contributed by atoms with E-state index < -0.39 is 12.8 Å². The molecule has 15 heavy (non-hydrogen) atoms. The van der Waals surface area contributed by atoms with E-state index >= 15 is 0 Å². The monoisotopic (exact) mass is 222 g/mol. The maximum absolute atomic E-state index is 12.4. The third-order valence-corrected chi connectivity index (χ3v) is 2.98. The van der Waals surface area contributed by atoms with Crippen molar-refractivity contribution in [2.75, 3.05) is 6.67 Å². The van der Waals surface area contributed by atoms with Crippen LogP contribution in [0.5, 0.6) is 0 Å². The smallest absolute Gasteiger partial charge is 0.119 e. The number of aliphatic hydroxyl groups excluding tert-OH is 1. The first-order valence-electron chi connectivity index (χ1n) is 4.68. The predicted molar refractivity (Wildman–Crippen MR) is 60.7 cm³/mol. The van der Waals surface area contributed by atoms with Crippen LogP contribution in [-0.2, 0) is 0 Å². The van der Waals surface area contributed by atoms with E-state index in [9.17, 15) is 9.50 Å². The molecule has 0 saturated heterocycles. The molecule has 0 aliphatic carbocycles. The highest BCUT2D eigenvalue weighted by Crippen LogP contribution is 2.29. The first kappa shape index (κ1) is 10.3. The SMILES string of the molecule is OC(CF)c1ccccc1-c1ccsc1. The van der Waals surface area contributed by atoms with Crippen molar-refractivity contribution >= 4 is 11.3 Å². The average Bonchev–Trinajstić information content (AvgIpc) is 2.81. The van der Waals surface area contributed by atoms with Crippen molar-refractivity contribution in [1.29, 1.82) is 0 Å². The minimum Gasteiger partial charge on any atom is -0.386 e. The summed E-state index contributed by atoms with van der Waals surface area (Å²) in [6, 6.07) is 9.33. The standard InChI is InChI=1S/C12H11FOS/c13-7-12(14)11-4-2-1-3-10(11)9-5-6-15-8-9/h1-6,8,12,14H,7H2. The number of hydrogen-bond acceptors (Lipinski definition) is 2. The fourth-order valence-electron chi connectivity index (χ4n) is 1.55. The summed E-state index contributed by atoms with van der Waals surface area (Å²) >= 11 is 1.59. The Morgan fingerprint density at radius 3 is 2.73 bits per heavy atom. The van der Waals surface area contributed by atoms with Crippen LogP contribution < -0.4 is 0 Å². The number of halogens is 1. The van der Waals surface area contributed by atoms with E-state index in [2.05, 4.69) is 0 Å². The largest absolute Gasteiger partial charge is 0.386 e. The molecule has 0 amide bonds. The van der Waals surface area contributed by atoms with Gasteiger partial charge in [-0.1, -0.05) is 24.3 Å². The van der Waals surface area contributed by atoms with E-state index in [-0.39, 0.29) is 0 Å². The highest BCUT2D eigenvalue weighted by molar-refractivity contribution is 7.08. The summed E-state index contributed by atoms with van der Waals surface area (Å²) in [6.45, 7) is -0.749. The molecule has 0 bridgehead atoms. The molecule has 1 nitrogen and oxygen atoms in total. The Labute approximate surface area is 91.8 Å². The van der Waals surface area contributed by atoms with Crippen LogP contribution in [0.2, 0.25) is 0 Å². The molecule has 1 heterocycles. The molecule has 78 valence electrons. The second-order valence-corrected chi connectivity index (χ2v) is 4.05. The number of alkyl halides is 1. The van der Waals surface area contributed by atoms with Crippen molar-refractivity contribution in [3.8, 4) is 11.1 Å². The van der Waals surface area contributed by atoms with Gasteiger partial charge in [0.1, 0.15) is 12.8 Å². The lowest BCUT2D eigenvalue weighted by atomic mass is 9.99. The van der Waals surface area contributed by atoms with Gasteiger partial charge in [0.25, 0.3) is 0 Å². The molecule has 0 aliphatic rings. The first-order valence-corrected chi connectivity index (χ1v) is 5.62. The highest BCUT2D eigenvalue weighted by Gasteiger charge is 2.12. The van der Waals surface area contributed by atoms with Gasteiger partial charge in [-0.3, -0.25) is 0 Å². The summed E-state index contributed by atoms with van der Waals surface area (Å²) in [7, 11) is 0. The van der Waals surface area contributed by atoms with Crippen molar-refractivity contribution in [3.05, 3.63) is 46.7 Å². The van der Waals surface area contributed by atoms with Crippen LogP contribution in [0, 0.1) is 0 Å². The van der Waals surface area contributed by atoms with Gasteiger partial charge in [0.2, 0.25) is 0 Å². The van der Waals surface area contributed by atoms with Crippen LogP contribution in [-0.4, -0.2) is 11.8 Å². The molecule has 2 rings (SSSR count). The molecule has 0 spiro atoms. The molecule has 0 fully saturated rings. The Morgan fingerprint density at radius 1 is 1.27 bits per heavy atom. The van der Waals surface area contributed by atoms with Crippen molar-refractivity contribution in [2.24, 2.45) is 0 Å². The van der Waals surface area contributed by atoms with Gasteiger partial charge in [0, 0.05) is 0 Å². The molecular formula is C12H11FOS. The lowest BCUT2D eigenvalue weighted by Gasteiger charge is -2.11. The lowest BCUT2D eigenvalue weighted by molar-refractivity contribution is 0.142. The number of rotatable bonds is 3. The van der Waals surface area contributed by atoms with Gasteiger partial charge in [0.05, 0.1) is 0 Å². The maximum Gasteiger partial charge on any atom is 0.119 e. The quantitative estimate of drug-likeness (QED) is 0.843. The fraction of sp³-hybridized carbons (Fsp3) is 0.167. The Morgan fingerprint density at radius 2 is 2.07 bits per heavy atom.